The van der Waals surface area contributed by atoms with Gasteiger partial charge >= 0.3 is 0 Å². The number of sulfonamides is 1. The molecule has 0 aliphatic heterocycles. The van der Waals surface area contributed by atoms with E-state index in [0.29, 0.717) is 28.3 Å². The third kappa shape index (κ3) is 5.32. The summed E-state index contributed by atoms with van der Waals surface area (Å²) in [6.45, 7) is 2.01. The van der Waals surface area contributed by atoms with Gasteiger partial charge in [-0.2, -0.15) is 0 Å². The van der Waals surface area contributed by atoms with E-state index in [1.807, 2.05) is 0 Å². The number of anilines is 1. The number of fused-ring (bicyclic) bond motifs is 1. The molecule has 2 heterocycles. The molecule has 0 fully saturated rings. The Labute approximate surface area is 194 Å². The van der Waals surface area contributed by atoms with Gasteiger partial charge in [0.2, 0.25) is 5.91 Å². The van der Waals surface area contributed by atoms with Crippen molar-refractivity contribution in [3.63, 3.8) is 0 Å². The summed E-state index contributed by atoms with van der Waals surface area (Å²) in [4.78, 5) is 16.7. The number of methoxy groups -OCH3 is 1. The zero-order valence-electron chi connectivity index (χ0n) is 17.8. The predicted octanol–water partition coefficient (Wildman–Crippen LogP) is 4.03. The largest absolute Gasteiger partial charge is 0.495 e. The second kappa shape index (κ2) is 9.59. The van der Waals surface area contributed by atoms with Gasteiger partial charge < -0.3 is 18.9 Å². The second-order valence-electron chi connectivity index (χ2n) is 6.97. The predicted molar refractivity (Wildman–Crippen MR) is 124 cm³/mol. The van der Waals surface area contributed by atoms with Crippen molar-refractivity contribution in [1.29, 1.82) is 0 Å². The van der Waals surface area contributed by atoms with Gasteiger partial charge in [-0.3, -0.25) is 9.52 Å². The molecule has 0 saturated heterocycles. The van der Waals surface area contributed by atoms with E-state index in [1.54, 1.807) is 43.3 Å². The molecule has 0 spiro atoms. The molecule has 0 radical (unpaired) electrons. The summed E-state index contributed by atoms with van der Waals surface area (Å²) in [7, 11) is -2.42. The Balaban J connectivity index is 1.47. The number of oxazole rings is 1. The molecule has 4 aromatic rings. The maximum absolute atomic E-state index is 12.9. The van der Waals surface area contributed by atoms with Crippen LogP contribution in [0.25, 0.3) is 11.1 Å². The van der Waals surface area contributed by atoms with E-state index in [1.165, 1.54) is 31.6 Å². The summed E-state index contributed by atoms with van der Waals surface area (Å²) in [5.41, 5.74) is 1.10. The minimum atomic E-state index is -3.88. The number of para-hydroxylation sites is 2. The Bertz CT molecular complexity index is 1370. The molecule has 1 atom stereocenters. The Morgan fingerprint density at radius 3 is 2.76 bits per heavy atom. The first-order chi connectivity index (χ1) is 15.9. The van der Waals surface area contributed by atoms with E-state index < -0.39 is 15.3 Å². The minimum Gasteiger partial charge on any atom is -0.495 e. The number of benzene rings is 2. The number of hydrogen-bond donors (Lipinski definition) is 2. The van der Waals surface area contributed by atoms with Crippen molar-refractivity contribution >= 4 is 44.5 Å². The SMILES string of the molecule is COc1ccccc1NS(=O)(=O)c1ccc2oc(SC(C)C(=O)NCc3ccco3)nc2c1. The van der Waals surface area contributed by atoms with E-state index in [4.69, 9.17) is 13.6 Å². The van der Waals surface area contributed by atoms with Crippen LogP contribution >= 0.6 is 11.8 Å². The van der Waals surface area contributed by atoms with Crippen LogP contribution in [0.1, 0.15) is 12.7 Å². The Kier molecular flexibility index (Phi) is 6.61. The quantitative estimate of drug-likeness (QED) is 0.339. The number of carbonyl (C=O) groups is 1. The molecule has 2 N–H and O–H groups in total. The average Bonchev–Trinajstić information content (AvgIpc) is 3.46. The average molecular weight is 488 g/mol. The van der Waals surface area contributed by atoms with Crippen molar-refractivity contribution in [2.45, 2.75) is 28.8 Å². The molecule has 172 valence electrons. The molecule has 0 bridgehead atoms. The minimum absolute atomic E-state index is 0.0231. The molecule has 0 aliphatic rings. The fourth-order valence-electron chi connectivity index (χ4n) is 2.97. The third-order valence-corrected chi connectivity index (χ3v) is 6.97. The highest BCUT2D eigenvalue weighted by Gasteiger charge is 2.21. The molecular formula is C22H21N3O6S2. The van der Waals surface area contributed by atoms with Gasteiger partial charge in [0, 0.05) is 0 Å². The normalized spacial score (nSPS) is 12.4. The van der Waals surface area contributed by atoms with Gasteiger partial charge in [0.15, 0.2) is 5.58 Å². The maximum atomic E-state index is 12.9. The summed E-state index contributed by atoms with van der Waals surface area (Å²) in [6.07, 6.45) is 1.54. The highest BCUT2D eigenvalue weighted by atomic mass is 32.2. The number of rotatable bonds is 9. The molecule has 1 unspecified atom stereocenters. The lowest BCUT2D eigenvalue weighted by Crippen LogP contribution is -2.30. The molecule has 33 heavy (non-hydrogen) atoms. The first-order valence-corrected chi connectivity index (χ1v) is 12.2. The van der Waals surface area contributed by atoms with Crippen molar-refractivity contribution in [2.75, 3.05) is 11.8 Å². The lowest BCUT2D eigenvalue weighted by molar-refractivity contribution is -0.120. The van der Waals surface area contributed by atoms with Crippen LogP contribution in [-0.2, 0) is 21.4 Å². The van der Waals surface area contributed by atoms with Crippen LogP contribution in [0.5, 0.6) is 5.75 Å². The van der Waals surface area contributed by atoms with Gasteiger partial charge in [-0.1, -0.05) is 23.9 Å². The van der Waals surface area contributed by atoms with Gasteiger partial charge in [-0.05, 0) is 49.4 Å². The Morgan fingerprint density at radius 2 is 2.00 bits per heavy atom. The van der Waals surface area contributed by atoms with E-state index in [-0.39, 0.29) is 22.6 Å². The second-order valence-corrected chi connectivity index (χ2v) is 9.95. The van der Waals surface area contributed by atoms with Crippen LogP contribution in [0, 0.1) is 0 Å². The fourth-order valence-corrected chi connectivity index (χ4v) is 4.84. The highest BCUT2D eigenvalue weighted by molar-refractivity contribution is 8.00. The Hall–Kier alpha value is -3.44. The van der Waals surface area contributed by atoms with Gasteiger partial charge in [-0.15, -0.1) is 0 Å². The van der Waals surface area contributed by atoms with Crippen LogP contribution in [0.15, 0.2) is 79.8 Å². The maximum Gasteiger partial charge on any atom is 0.262 e. The van der Waals surface area contributed by atoms with Gasteiger partial charge in [0.25, 0.3) is 15.2 Å². The molecule has 0 saturated carbocycles. The molecule has 1 amide bonds. The first-order valence-electron chi connectivity index (χ1n) is 9.89. The van der Waals surface area contributed by atoms with E-state index in [0.717, 1.165) is 11.8 Å². The molecule has 4 rings (SSSR count). The van der Waals surface area contributed by atoms with Crippen LogP contribution in [0.3, 0.4) is 0 Å². The molecule has 2 aromatic heterocycles. The summed E-state index contributed by atoms with van der Waals surface area (Å²) in [5.74, 6) is 0.849. The monoisotopic (exact) mass is 487 g/mol. The number of ether oxygens (including phenoxy) is 1. The zero-order valence-corrected chi connectivity index (χ0v) is 19.4. The van der Waals surface area contributed by atoms with Crippen molar-refractivity contribution < 1.29 is 26.8 Å². The van der Waals surface area contributed by atoms with E-state index in [2.05, 4.69) is 15.0 Å². The highest BCUT2D eigenvalue weighted by Crippen LogP contribution is 2.30. The van der Waals surface area contributed by atoms with E-state index >= 15 is 0 Å². The Morgan fingerprint density at radius 1 is 1.18 bits per heavy atom. The van der Waals surface area contributed by atoms with Gasteiger partial charge in [0.1, 0.15) is 17.0 Å². The number of nitrogens with one attached hydrogen (secondary N) is 2. The van der Waals surface area contributed by atoms with Crippen LogP contribution in [-0.4, -0.2) is 31.7 Å². The smallest absolute Gasteiger partial charge is 0.262 e. The van der Waals surface area contributed by atoms with Gasteiger partial charge in [0.05, 0.1) is 35.8 Å². The summed E-state index contributed by atoms with van der Waals surface area (Å²) < 4.78 is 44.3. The van der Waals surface area contributed by atoms with Crippen LogP contribution < -0.4 is 14.8 Å². The molecule has 0 aliphatic carbocycles. The van der Waals surface area contributed by atoms with Crippen LogP contribution in [0.2, 0.25) is 0 Å². The fraction of sp³-hybridized carbons (Fsp3) is 0.182. The molecule has 11 heteroatoms. The number of thioether (sulfide) groups is 1. The molecule has 2 aromatic carbocycles. The summed E-state index contributed by atoms with van der Waals surface area (Å²) in [6, 6.07) is 14.6. The van der Waals surface area contributed by atoms with Crippen molar-refractivity contribution in [3.05, 3.63) is 66.6 Å². The number of carbonyl (C=O) groups excluding carboxylic acids is 1. The topological polar surface area (TPSA) is 124 Å². The number of hydrogen-bond acceptors (Lipinski definition) is 8. The lowest BCUT2D eigenvalue weighted by Gasteiger charge is -2.11. The van der Waals surface area contributed by atoms with Crippen molar-refractivity contribution in [2.24, 2.45) is 0 Å². The number of nitrogens with zero attached hydrogens (tertiary/aromatic N) is 1. The standard InChI is InChI=1S/C22H21N3O6S2/c1-14(21(26)23-13-15-6-5-11-30-15)32-22-24-18-12-16(9-10-20(18)31-22)33(27,28)25-17-7-3-4-8-19(17)29-2/h3-12,14,25H,13H2,1-2H3,(H,23,26). The van der Waals surface area contributed by atoms with Crippen molar-refractivity contribution in [3.8, 4) is 5.75 Å². The summed E-state index contributed by atoms with van der Waals surface area (Å²) >= 11 is 1.13. The zero-order chi connectivity index (χ0) is 23.4. The van der Waals surface area contributed by atoms with Crippen LogP contribution in [0.4, 0.5) is 5.69 Å². The van der Waals surface area contributed by atoms with E-state index in [9.17, 15) is 13.2 Å². The lowest BCUT2D eigenvalue weighted by atomic mass is 10.3. The third-order valence-electron chi connectivity index (χ3n) is 4.66. The molecular weight excluding hydrogens is 466 g/mol. The number of aromatic nitrogens is 1. The summed E-state index contributed by atoms with van der Waals surface area (Å²) in [5, 5.41) is 2.56. The van der Waals surface area contributed by atoms with Gasteiger partial charge in [-0.25, -0.2) is 13.4 Å². The first kappa shape index (κ1) is 22.7. The number of furan rings is 1. The molecule has 9 nitrogen and oxygen atoms in total. The van der Waals surface area contributed by atoms with Crippen molar-refractivity contribution in [1.82, 2.24) is 10.3 Å². The number of amides is 1.